The van der Waals surface area contributed by atoms with Gasteiger partial charge in [0.1, 0.15) is 10.6 Å². The molecule has 8 heteroatoms. The summed E-state index contributed by atoms with van der Waals surface area (Å²) >= 11 is 5.54. The first-order valence-corrected chi connectivity index (χ1v) is 5.74. The molecule has 0 spiro atoms. The molecular formula is C8H7ClO6S. The number of halogens is 1. The molecular weight excluding hydrogens is 260 g/mol. The van der Waals surface area contributed by atoms with Crippen molar-refractivity contribution in [2.24, 2.45) is 0 Å². The smallest absolute Gasteiger partial charge is 0.341 e. The van der Waals surface area contributed by atoms with Gasteiger partial charge in [-0.25, -0.2) is 4.79 Å². The van der Waals surface area contributed by atoms with Gasteiger partial charge in [0, 0.05) is 5.02 Å². The number of ether oxygens (including phenoxy) is 1. The number of carboxylic acids is 1. The van der Waals surface area contributed by atoms with Crippen LogP contribution in [0.4, 0.5) is 0 Å². The zero-order valence-electron chi connectivity index (χ0n) is 7.75. The van der Waals surface area contributed by atoms with Crippen molar-refractivity contribution in [1.82, 2.24) is 0 Å². The van der Waals surface area contributed by atoms with Gasteiger partial charge in [-0.3, -0.25) is 4.55 Å². The van der Waals surface area contributed by atoms with E-state index in [0.717, 1.165) is 12.1 Å². The molecule has 2 N–H and O–H groups in total. The number of carbonyl (C=O) groups is 1. The molecule has 1 aromatic rings. The van der Waals surface area contributed by atoms with Crippen molar-refractivity contribution >= 4 is 27.7 Å². The Morgan fingerprint density at radius 3 is 2.56 bits per heavy atom. The van der Waals surface area contributed by atoms with Gasteiger partial charge in [-0.05, 0) is 18.2 Å². The molecule has 0 aromatic heterocycles. The van der Waals surface area contributed by atoms with E-state index in [0.29, 0.717) is 0 Å². The van der Waals surface area contributed by atoms with Crippen molar-refractivity contribution in [3.63, 3.8) is 0 Å². The number of carboxylic acid groups (broad SMARTS) is 1. The van der Waals surface area contributed by atoms with E-state index >= 15 is 0 Å². The van der Waals surface area contributed by atoms with E-state index in [1.54, 1.807) is 0 Å². The fourth-order valence-corrected chi connectivity index (χ4v) is 1.84. The molecule has 0 amide bonds. The minimum Gasteiger partial charge on any atom is -0.480 e. The van der Waals surface area contributed by atoms with Gasteiger partial charge in [-0.15, -0.1) is 0 Å². The number of hydrogen-bond acceptors (Lipinski definition) is 4. The quantitative estimate of drug-likeness (QED) is 0.790. The van der Waals surface area contributed by atoms with Crippen LogP contribution in [0.2, 0.25) is 5.02 Å². The average Bonchev–Trinajstić information content (AvgIpc) is 2.14. The molecule has 0 aliphatic carbocycles. The lowest BCUT2D eigenvalue weighted by Crippen LogP contribution is -2.11. The Morgan fingerprint density at radius 1 is 1.44 bits per heavy atom. The lowest BCUT2D eigenvalue weighted by atomic mass is 10.3. The fourth-order valence-electron chi connectivity index (χ4n) is 0.942. The summed E-state index contributed by atoms with van der Waals surface area (Å²) in [6.07, 6.45) is 0. The monoisotopic (exact) mass is 266 g/mol. The van der Waals surface area contributed by atoms with Crippen LogP contribution < -0.4 is 4.74 Å². The third-order valence-electron chi connectivity index (χ3n) is 1.53. The van der Waals surface area contributed by atoms with Gasteiger partial charge in [-0.2, -0.15) is 8.42 Å². The topological polar surface area (TPSA) is 101 Å². The molecule has 1 rings (SSSR count). The molecule has 0 bridgehead atoms. The zero-order chi connectivity index (χ0) is 12.3. The average molecular weight is 267 g/mol. The lowest BCUT2D eigenvalue weighted by molar-refractivity contribution is -0.139. The highest BCUT2D eigenvalue weighted by atomic mass is 35.5. The third-order valence-corrected chi connectivity index (χ3v) is 2.64. The van der Waals surface area contributed by atoms with E-state index in [1.165, 1.54) is 6.07 Å². The fraction of sp³-hybridized carbons (Fsp3) is 0.125. The van der Waals surface area contributed by atoms with Gasteiger partial charge in [0.05, 0.1) is 0 Å². The largest absolute Gasteiger partial charge is 0.480 e. The van der Waals surface area contributed by atoms with Crippen LogP contribution in [0.25, 0.3) is 0 Å². The first-order valence-electron chi connectivity index (χ1n) is 3.92. The molecule has 88 valence electrons. The maximum Gasteiger partial charge on any atom is 0.341 e. The van der Waals surface area contributed by atoms with Crippen molar-refractivity contribution in [3.05, 3.63) is 23.2 Å². The Hall–Kier alpha value is -1.31. The van der Waals surface area contributed by atoms with Gasteiger partial charge in [0.25, 0.3) is 10.1 Å². The molecule has 1 aromatic carbocycles. The Morgan fingerprint density at radius 2 is 2.06 bits per heavy atom. The Bertz CT molecular complexity index is 509. The number of aliphatic carboxylic acids is 1. The standard InChI is InChI=1S/C8H7ClO6S/c9-5-1-2-6(15-4-8(10)11)7(3-5)16(12,13)14/h1-3H,4H2,(H,10,11)(H,12,13,14). The lowest BCUT2D eigenvalue weighted by Gasteiger charge is -2.07. The van der Waals surface area contributed by atoms with E-state index < -0.39 is 27.6 Å². The van der Waals surface area contributed by atoms with Gasteiger partial charge in [0.15, 0.2) is 6.61 Å². The van der Waals surface area contributed by atoms with E-state index in [4.69, 9.17) is 21.3 Å². The Labute approximate surface area is 96.2 Å². The second kappa shape index (κ2) is 4.69. The van der Waals surface area contributed by atoms with Crippen molar-refractivity contribution < 1.29 is 27.6 Å². The highest BCUT2D eigenvalue weighted by Gasteiger charge is 2.17. The zero-order valence-corrected chi connectivity index (χ0v) is 9.33. The second-order valence-corrected chi connectivity index (χ2v) is 4.57. The summed E-state index contributed by atoms with van der Waals surface area (Å²) < 4.78 is 35.4. The first kappa shape index (κ1) is 12.8. The Balaban J connectivity index is 3.13. The van der Waals surface area contributed by atoms with Gasteiger partial charge >= 0.3 is 5.97 Å². The van der Waals surface area contributed by atoms with Crippen molar-refractivity contribution in [2.75, 3.05) is 6.61 Å². The summed E-state index contributed by atoms with van der Waals surface area (Å²) in [6, 6.07) is 3.44. The van der Waals surface area contributed by atoms with Crippen molar-refractivity contribution in [2.45, 2.75) is 4.90 Å². The van der Waals surface area contributed by atoms with Crippen LogP contribution in [0.5, 0.6) is 5.75 Å². The van der Waals surface area contributed by atoms with Gasteiger partial charge in [0.2, 0.25) is 0 Å². The van der Waals surface area contributed by atoms with Crippen molar-refractivity contribution in [3.8, 4) is 5.75 Å². The van der Waals surface area contributed by atoms with Gasteiger partial charge < -0.3 is 9.84 Å². The molecule has 0 saturated heterocycles. The SMILES string of the molecule is O=C(O)COc1ccc(Cl)cc1S(=O)(=O)O. The minimum absolute atomic E-state index is 0.0790. The molecule has 6 nitrogen and oxygen atoms in total. The predicted octanol–water partition coefficient (Wildman–Crippen LogP) is 1.05. The van der Waals surface area contributed by atoms with Crippen LogP contribution in [0.15, 0.2) is 23.1 Å². The molecule has 0 atom stereocenters. The summed E-state index contributed by atoms with van der Waals surface area (Å²) in [5.74, 6) is -1.54. The maximum absolute atomic E-state index is 10.9. The van der Waals surface area contributed by atoms with E-state index in [9.17, 15) is 13.2 Å². The molecule has 0 heterocycles. The molecule has 0 saturated carbocycles. The number of rotatable bonds is 4. The molecule has 0 aliphatic rings. The first-order chi connectivity index (χ1) is 7.30. The van der Waals surface area contributed by atoms with Crippen molar-refractivity contribution in [1.29, 1.82) is 0 Å². The summed E-state index contributed by atoms with van der Waals surface area (Å²) in [6.45, 7) is -0.718. The molecule has 0 aliphatic heterocycles. The molecule has 0 unspecified atom stereocenters. The highest BCUT2D eigenvalue weighted by Crippen LogP contribution is 2.26. The van der Waals surface area contributed by atoms with Crippen LogP contribution in [0.3, 0.4) is 0 Å². The Kier molecular flexibility index (Phi) is 3.74. The predicted molar refractivity (Wildman–Crippen MR) is 54.4 cm³/mol. The summed E-state index contributed by atoms with van der Waals surface area (Å²) in [4.78, 5) is 9.67. The highest BCUT2D eigenvalue weighted by molar-refractivity contribution is 7.86. The van der Waals surface area contributed by atoms with Crippen LogP contribution >= 0.6 is 11.6 Å². The summed E-state index contributed by atoms with van der Waals surface area (Å²) in [5, 5.41) is 8.44. The number of benzene rings is 1. The van der Waals surface area contributed by atoms with E-state index in [2.05, 4.69) is 4.74 Å². The summed E-state index contributed by atoms with van der Waals surface area (Å²) in [5.41, 5.74) is 0. The normalized spacial score (nSPS) is 11.1. The van der Waals surface area contributed by atoms with Crippen LogP contribution in [0.1, 0.15) is 0 Å². The van der Waals surface area contributed by atoms with E-state index in [-0.39, 0.29) is 10.8 Å². The molecule has 0 fully saturated rings. The number of hydrogen-bond donors (Lipinski definition) is 2. The molecule has 0 radical (unpaired) electrons. The van der Waals surface area contributed by atoms with Crippen LogP contribution in [-0.2, 0) is 14.9 Å². The van der Waals surface area contributed by atoms with Gasteiger partial charge in [-0.1, -0.05) is 11.6 Å². The van der Waals surface area contributed by atoms with Crippen LogP contribution in [0, 0.1) is 0 Å². The van der Waals surface area contributed by atoms with Crippen LogP contribution in [-0.4, -0.2) is 30.7 Å². The third kappa shape index (κ3) is 3.37. The van der Waals surface area contributed by atoms with E-state index in [1.807, 2.05) is 0 Å². The second-order valence-electron chi connectivity index (χ2n) is 2.75. The maximum atomic E-state index is 10.9. The minimum atomic E-state index is -4.51. The molecule has 16 heavy (non-hydrogen) atoms. The summed E-state index contributed by atoms with van der Waals surface area (Å²) in [7, 11) is -4.51.